The number of carbonyl (C=O) groups excluding carboxylic acids is 2. The first-order valence-corrected chi connectivity index (χ1v) is 14.1. The molecule has 1 unspecified atom stereocenters. The number of aromatic nitrogens is 2. The Morgan fingerprint density at radius 3 is 2.87 bits per heavy atom. The molecule has 3 heterocycles. The van der Waals surface area contributed by atoms with Crippen LogP contribution in [0.5, 0.6) is 5.75 Å². The summed E-state index contributed by atoms with van der Waals surface area (Å²) < 4.78 is 11.5. The van der Waals surface area contributed by atoms with Crippen molar-refractivity contribution in [1.82, 2.24) is 10.2 Å². The van der Waals surface area contributed by atoms with Crippen LogP contribution in [0.1, 0.15) is 36.7 Å². The minimum Gasteiger partial charge on any atom is -0.495 e. The maximum absolute atomic E-state index is 13.2. The van der Waals surface area contributed by atoms with Crippen molar-refractivity contribution >= 4 is 57.2 Å². The van der Waals surface area contributed by atoms with Gasteiger partial charge in [-0.15, -0.1) is 10.2 Å². The zero-order valence-electron chi connectivity index (χ0n) is 21.0. The molecule has 200 valence electrons. The van der Waals surface area contributed by atoms with Crippen LogP contribution < -0.4 is 20.7 Å². The highest BCUT2D eigenvalue weighted by molar-refractivity contribution is 8.01. The Balaban J connectivity index is 1.37. The Morgan fingerprint density at radius 1 is 1.36 bits per heavy atom. The predicted octanol–water partition coefficient (Wildman–Crippen LogP) is 5.14. The number of nitrogens with one attached hydrogen (secondary N) is 1. The maximum atomic E-state index is 13.2. The van der Waals surface area contributed by atoms with Gasteiger partial charge in [-0.3, -0.25) is 14.5 Å². The van der Waals surface area contributed by atoms with Gasteiger partial charge in [-0.05, 0) is 50.1 Å². The Morgan fingerprint density at radius 2 is 2.18 bits per heavy atom. The van der Waals surface area contributed by atoms with E-state index in [0.29, 0.717) is 68.0 Å². The molecule has 3 N–H and O–H groups in total. The maximum Gasteiger partial charge on any atom is 0.234 e. The van der Waals surface area contributed by atoms with Crippen molar-refractivity contribution in [3.8, 4) is 11.8 Å². The van der Waals surface area contributed by atoms with Crippen LogP contribution >= 0.6 is 34.7 Å². The number of allylic oxidation sites excluding steroid dienone is 3. The van der Waals surface area contributed by atoms with E-state index in [9.17, 15) is 14.9 Å². The lowest BCUT2D eigenvalue weighted by atomic mass is 9.78. The molecule has 1 aliphatic carbocycles. The van der Waals surface area contributed by atoms with E-state index in [-0.39, 0.29) is 28.8 Å². The fourth-order valence-corrected chi connectivity index (χ4v) is 6.56. The van der Waals surface area contributed by atoms with Crippen molar-refractivity contribution in [2.75, 3.05) is 23.1 Å². The summed E-state index contributed by atoms with van der Waals surface area (Å²) >= 11 is 8.57. The molecule has 0 radical (unpaired) electrons. The summed E-state index contributed by atoms with van der Waals surface area (Å²) in [6.07, 6.45) is 1.63. The summed E-state index contributed by atoms with van der Waals surface area (Å²) in [7, 11) is 1.52. The van der Waals surface area contributed by atoms with Crippen LogP contribution in [-0.2, 0) is 9.59 Å². The molecule has 0 bridgehead atoms. The second-order valence-electron chi connectivity index (χ2n) is 8.80. The molecule has 39 heavy (non-hydrogen) atoms. The van der Waals surface area contributed by atoms with Gasteiger partial charge >= 0.3 is 0 Å². The summed E-state index contributed by atoms with van der Waals surface area (Å²) in [5.41, 5.74) is 8.51. The van der Waals surface area contributed by atoms with Gasteiger partial charge in [-0.1, -0.05) is 34.7 Å². The van der Waals surface area contributed by atoms with Crippen LogP contribution in [-0.4, -0.2) is 34.8 Å². The second-order valence-corrected chi connectivity index (χ2v) is 11.4. The van der Waals surface area contributed by atoms with Gasteiger partial charge in [0.2, 0.25) is 11.0 Å². The molecule has 1 atom stereocenters. The summed E-state index contributed by atoms with van der Waals surface area (Å²) in [6, 6.07) is 10.7. The van der Waals surface area contributed by atoms with Gasteiger partial charge in [-0.25, -0.2) is 0 Å². The number of anilines is 2. The monoisotopic (exact) mass is 582 g/mol. The molecule has 0 fully saturated rings. The third-order valence-electron chi connectivity index (χ3n) is 6.31. The molecule has 0 saturated heterocycles. The van der Waals surface area contributed by atoms with Crippen LogP contribution in [0, 0.1) is 18.3 Å². The molecule has 5 rings (SSSR count). The van der Waals surface area contributed by atoms with Crippen LogP contribution in [0.3, 0.4) is 0 Å². The number of furan rings is 1. The van der Waals surface area contributed by atoms with Crippen LogP contribution in [0.4, 0.5) is 10.8 Å². The molecule has 0 spiro atoms. The van der Waals surface area contributed by atoms with Crippen molar-refractivity contribution in [2.45, 2.75) is 36.4 Å². The van der Waals surface area contributed by atoms with Crippen molar-refractivity contribution < 1.29 is 18.7 Å². The second kappa shape index (κ2) is 11.1. The number of benzene rings is 1. The number of methoxy groups -OCH3 is 1. The van der Waals surface area contributed by atoms with Gasteiger partial charge in [0.05, 0.1) is 35.4 Å². The van der Waals surface area contributed by atoms with Gasteiger partial charge in [0, 0.05) is 23.4 Å². The predicted molar refractivity (Wildman–Crippen MR) is 149 cm³/mol. The molecular weight excluding hydrogens is 560 g/mol. The molecular formula is C26H23ClN6O4S2. The molecule has 2 aliphatic rings. The van der Waals surface area contributed by atoms with E-state index in [2.05, 4.69) is 21.6 Å². The molecule has 3 aromatic rings. The standard InChI is InChI=1S/C26H23ClN6O4S2/c1-13-6-8-20(37-13)22-15(11-28)24(29)33(17-4-3-5-18(34)23(17)22)25-31-32-26(39-25)38-12-21(35)30-14-7-9-19(36-2)16(27)10-14/h6-10,22H,3-5,12,29H2,1-2H3,(H,30,35). The minimum absolute atomic E-state index is 0.0463. The average molecular weight is 583 g/mol. The Bertz CT molecular complexity index is 1570. The van der Waals surface area contributed by atoms with Gasteiger partial charge in [0.15, 0.2) is 10.1 Å². The molecule has 13 heteroatoms. The smallest absolute Gasteiger partial charge is 0.234 e. The normalized spacial score (nSPS) is 17.2. The molecule has 10 nitrogen and oxygen atoms in total. The van der Waals surface area contributed by atoms with E-state index in [1.165, 1.54) is 30.2 Å². The van der Waals surface area contributed by atoms with E-state index in [4.69, 9.17) is 26.5 Å². The van der Waals surface area contributed by atoms with E-state index in [1.807, 2.05) is 6.92 Å². The quantitative estimate of drug-likeness (QED) is 0.359. The molecule has 1 aliphatic heterocycles. The van der Waals surface area contributed by atoms with E-state index in [1.54, 1.807) is 35.2 Å². The largest absolute Gasteiger partial charge is 0.495 e. The van der Waals surface area contributed by atoms with Gasteiger partial charge in [0.1, 0.15) is 23.1 Å². The van der Waals surface area contributed by atoms with E-state index >= 15 is 0 Å². The number of ketones is 1. The molecule has 2 aromatic heterocycles. The highest BCUT2D eigenvalue weighted by Crippen LogP contribution is 2.47. The Hall–Kier alpha value is -3.79. The van der Waals surface area contributed by atoms with Crippen LogP contribution in [0.2, 0.25) is 5.02 Å². The number of aryl methyl sites for hydroxylation is 1. The number of nitriles is 1. The lowest BCUT2D eigenvalue weighted by Crippen LogP contribution is -2.38. The average Bonchev–Trinajstić information content (AvgIpc) is 3.56. The molecule has 1 amide bonds. The number of halogens is 1. The van der Waals surface area contributed by atoms with Crippen molar-refractivity contribution in [2.24, 2.45) is 5.73 Å². The van der Waals surface area contributed by atoms with Gasteiger partial charge < -0.3 is 20.2 Å². The number of thioether (sulfide) groups is 1. The number of nitrogens with two attached hydrogens (primary N) is 1. The summed E-state index contributed by atoms with van der Waals surface area (Å²) in [4.78, 5) is 27.3. The number of Topliss-reactive ketones (excluding diaryl/α,β-unsaturated/α-hetero) is 1. The van der Waals surface area contributed by atoms with Crippen molar-refractivity contribution in [3.05, 3.63) is 69.5 Å². The lowest BCUT2D eigenvalue weighted by molar-refractivity contribution is -0.116. The summed E-state index contributed by atoms with van der Waals surface area (Å²) in [5, 5.41) is 22.2. The Labute approximate surface area is 237 Å². The van der Waals surface area contributed by atoms with Gasteiger partial charge in [-0.2, -0.15) is 5.26 Å². The summed E-state index contributed by atoms with van der Waals surface area (Å²) in [6.45, 7) is 1.81. The number of ether oxygens (including phenoxy) is 1. The Kier molecular flexibility index (Phi) is 7.65. The van der Waals surface area contributed by atoms with Gasteiger partial charge in [0.25, 0.3) is 0 Å². The fraction of sp³-hybridized carbons (Fsp3) is 0.269. The zero-order chi connectivity index (χ0) is 27.7. The van der Waals surface area contributed by atoms with Crippen LogP contribution in [0.25, 0.3) is 0 Å². The molecule has 0 saturated carbocycles. The van der Waals surface area contributed by atoms with E-state index < -0.39 is 5.92 Å². The number of carbonyl (C=O) groups is 2. The first kappa shape index (κ1) is 26.8. The SMILES string of the molecule is COc1ccc(NC(=O)CSc2nnc(N3C(N)=C(C#N)C(c4ccc(C)o4)C4=C3CCCC4=O)s2)cc1Cl. The highest BCUT2D eigenvalue weighted by atomic mass is 35.5. The first-order valence-electron chi connectivity index (χ1n) is 11.9. The van der Waals surface area contributed by atoms with Crippen molar-refractivity contribution in [3.63, 3.8) is 0 Å². The number of hydrogen-bond acceptors (Lipinski definition) is 11. The fourth-order valence-electron chi connectivity index (χ4n) is 4.62. The minimum atomic E-state index is -0.667. The van der Waals surface area contributed by atoms with Crippen LogP contribution in [0.15, 0.2) is 61.8 Å². The number of rotatable bonds is 7. The topological polar surface area (TPSA) is 147 Å². The number of nitrogens with zero attached hydrogens (tertiary/aromatic N) is 4. The highest BCUT2D eigenvalue weighted by Gasteiger charge is 2.42. The first-order chi connectivity index (χ1) is 18.8. The zero-order valence-corrected chi connectivity index (χ0v) is 23.4. The summed E-state index contributed by atoms with van der Waals surface area (Å²) in [5.74, 6) is 1.01. The number of hydrogen-bond donors (Lipinski definition) is 2. The van der Waals surface area contributed by atoms with E-state index in [0.717, 1.165) is 0 Å². The third-order valence-corrected chi connectivity index (χ3v) is 8.65. The van der Waals surface area contributed by atoms with Crippen molar-refractivity contribution in [1.29, 1.82) is 5.26 Å². The number of amides is 1. The third kappa shape index (κ3) is 5.25. The lowest BCUT2D eigenvalue weighted by Gasteiger charge is -2.37. The molecule has 1 aromatic carbocycles.